The van der Waals surface area contributed by atoms with Crippen LogP contribution < -0.4 is 9.47 Å². The molecule has 0 unspecified atom stereocenters. The smallest absolute Gasteiger partial charge is 0.130 e. The Kier molecular flexibility index (Phi) is 5.38. The molecule has 0 aliphatic carbocycles. The minimum absolute atomic E-state index is 0.216. The molecule has 0 N–H and O–H groups in total. The molecule has 110 valence electrons. The predicted molar refractivity (Wildman–Crippen MR) is 82.8 cm³/mol. The molecular formula is C18H20O3. The van der Waals surface area contributed by atoms with Gasteiger partial charge in [0, 0.05) is 6.42 Å². The number of carbonyl (C=O) groups excluding carboxylic acids is 1. The molecule has 21 heavy (non-hydrogen) atoms. The maximum Gasteiger partial charge on any atom is 0.130 e. The molecule has 0 bridgehead atoms. The van der Waals surface area contributed by atoms with E-state index in [9.17, 15) is 4.79 Å². The molecule has 0 spiro atoms. The highest BCUT2D eigenvalue weighted by atomic mass is 16.5. The molecule has 2 aromatic carbocycles. The SMILES string of the molecule is COc1cccc(COc2ccc(CCC(C)=O)cc2)c1. The number of Topliss-reactive ketones (excluding diaryl/α,β-unsaturated/α-hetero) is 1. The number of ether oxygens (including phenoxy) is 2. The zero-order chi connectivity index (χ0) is 15.1. The second-order valence-corrected chi connectivity index (χ2v) is 4.99. The Morgan fingerprint density at radius 1 is 1.00 bits per heavy atom. The first-order chi connectivity index (χ1) is 10.2. The second kappa shape index (κ2) is 7.48. The van der Waals surface area contributed by atoms with Gasteiger partial charge in [-0.2, -0.15) is 0 Å². The van der Waals surface area contributed by atoms with Crippen molar-refractivity contribution in [1.29, 1.82) is 0 Å². The Morgan fingerprint density at radius 3 is 2.43 bits per heavy atom. The molecule has 0 aromatic heterocycles. The lowest BCUT2D eigenvalue weighted by Crippen LogP contribution is -1.97. The Hall–Kier alpha value is -2.29. The van der Waals surface area contributed by atoms with Gasteiger partial charge >= 0.3 is 0 Å². The summed E-state index contributed by atoms with van der Waals surface area (Å²) in [5, 5.41) is 0. The van der Waals surface area contributed by atoms with Gasteiger partial charge in [0.1, 0.15) is 23.9 Å². The molecule has 0 heterocycles. The number of methoxy groups -OCH3 is 1. The van der Waals surface area contributed by atoms with Gasteiger partial charge in [0.15, 0.2) is 0 Å². The van der Waals surface area contributed by atoms with Crippen molar-refractivity contribution in [3.8, 4) is 11.5 Å². The predicted octanol–water partition coefficient (Wildman–Crippen LogP) is 3.80. The van der Waals surface area contributed by atoms with E-state index in [2.05, 4.69) is 0 Å². The molecule has 0 saturated carbocycles. The number of hydrogen-bond donors (Lipinski definition) is 0. The summed E-state index contributed by atoms with van der Waals surface area (Å²) in [6.07, 6.45) is 1.37. The lowest BCUT2D eigenvalue weighted by Gasteiger charge is -2.08. The first-order valence-corrected chi connectivity index (χ1v) is 7.01. The van der Waals surface area contributed by atoms with Crippen LogP contribution in [0.15, 0.2) is 48.5 Å². The van der Waals surface area contributed by atoms with Crippen LogP contribution in [-0.4, -0.2) is 12.9 Å². The highest BCUT2D eigenvalue weighted by molar-refractivity contribution is 5.75. The summed E-state index contributed by atoms with van der Waals surface area (Å²) in [5.41, 5.74) is 2.22. The molecule has 0 radical (unpaired) electrons. The zero-order valence-electron chi connectivity index (χ0n) is 12.5. The second-order valence-electron chi connectivity index (χ2n) is 4.99. The summed E-state index contributed by atoms with van der Waals surface area (Å²) in [6.45, 7) is 2.12. The third-order valence-corrected chi connectivity index (χ3v) is 3.23. The van der Waals surface area contributed by atoms with Gasteiger partial charge in [-0.25, -0.2) is 0 Å². The van der Waals surface area contributed by atoms with Crippen molar-refractivity contribution >= 4 is 5.78 Å². The lowest BCUT2D eigenvalue weighted by atomic mass is 10.1. The normalized spacial score (nSPS) is 10.2. The summed E-state index contributed by atoms with van der Waals surface area (Å²) in [5.74, 6) is 1.87. The van der Waals surface area contributed by atoms with Crippen LogP contribution in [0.4, 0.5) is 0 Å². The average Bonchev–Trinajstić information content (AvgIpc) is 2.52. The summed E-state index contributed by atoms with van der Waals surface area (Å²) < 4.78 is 10.9. The number of rotatable bonds is 7. The molecule has 3 nitrogen and oxygen atoms in total. The molecule has 0 saturated heterocycles. The summed E-state index contributed by atoms with van der Waals surface area (Å²) >= 11 is 0. The van der Waals surface area contributed by atoms with E-state index in [1.807, 2.05) is 48.5 Å². The van der Waals surface area contributed by atoms with Crippen LogP contribution in [0.25, 0.3) is 0 Å². The maximum atomic E-state index is 11.0. The number of benzene rings is 2. The summed E-state index contributed by atoms with van der Waals surface area (Å²) in [6, 6.07) is 15.7. The van der Waals surface area contributed by atoms with E-state index < -0.39 is 0 Å². The fraction of sp³-hybridized carbons (Fsp3) is 0.278. The molecule has 0 atom stereocenters. The van der Waals surface area contributed by atoms with Crippen LogP contribution in [-0.2, 0) is 17.8 Å². The van der Waals surface area contributed by atoms with Crippen LogP contribution in [0, 0.1) is 0 Å². The molecule has 0 fully saturated rings. The largest absolute Gasteiger partial charge is 0.497 e. The maximum absolute atomic E-state index is 11.0. The minimum Gasteiger partial charge on any atom is -0.497 e. The van der Waals surface area contributed by atoms with Gasteiger partial charge < -0.3 is 14.3 Å². The first kappa shape index (κ1) is 15.1. The number of ketones is 1. The highest BCUT2D eigenvalue weighted by Gasteiger charge is 2.00. The molecular weight excluding hydrogens is 264 g/mol. The number of hydrogen-bond acceptors (Lipinski definition) is 3. The Bertz CT molecular complexity index is 588. The molecule has 0 aliphatic heterocycles. The van der Waals surface area contributed by atoms with E-state index in [0.29, 0.717) is 13.0 Å². The van der Waals surface area contributed by atoms with Gasteiger partial charge in [0.05, 0.1) is 7.11 Å². The average molecular weight is 284 g/mol. The van der Waals surface area contributed by atoms with Crippen LogP contribution >= 0.6 is 0 Å². The third-order valence-electron chi connectivity index (χ3n) is 3.23. The van der Waals surface area contributed by atoms with E-state index in [1.54, 1.807) is 14.0 Å². The number of aryl methyl sites for hydroxylation is 1. The standard InChI is InChI=1S/C18H20O3/c1-14(19)6-7-15-8-10-17(11-9-15)21-13-16-4-3-5-18(12-16)20-2/h3-5,8-12H,6-7,13H2,1-2H3. The van der Waals surface area contributed by atoms with Gasteiger partial charge in [-0.15, -0.1) is 0 Å². The van der Waals surface area contributed by atoms with Crippen molar-refractivity contribution in [1.82, 2.24) is 0 Å². The van der Waals surface area contributed by atoms with Crippen molar-refractivity contribution in [2.24, 2.45) is 0 Å². The molecule has 3 heteroatoms. The van der Waals surface area contributed by atoms with E-state index in [1.165, 1.54) is 0 Å². The highest BCUT2D eigenvalue weighted by Crippen LogP contribution is 2.17. The molecule has 0 aliphatic rings. The van der Waals surface area contributed by atoms with Gasteiger partial charge in [-0.3, -0.25) is 0 Å². The third kappa shape index (κ3) is 4.95. The van der Waals surface area contributed by atoms with Gasteiger partial charge in [0.25, 0.3) is 0 Å². The summed E-state index contributed by atoms with van der Waals surface area (Å²) in [7, 11) is 1.65. The minimum atomic E-state index is 0.216. The summed E-state index contributed by atoms with van der Waals surface area (Å²) in [4.78, 5) is 11.0. The van der Waals surface area contributed by atoms with Crippen LogP contribution in [0.3, 0.4) is 0 Å². The quantitative estimate of drug-likeness (QED) is 0.776. The van der Waals surface area contributed by atoms with Gasteiger partial charge in [-0.1, -0.05) is 24.3 Å². The fourth-order valence-electron chi connectivity index (χ4n) is 2.00. The van der Waals surface area contributed by atoms with E-state index >= 15 is 0 Å². The van der Waals surface area contributed by atoms with Crippen LogP contribution in [0.1, 0.15) is 24.5 Å². The van der Waals surface area contributed by atoms with Crippen molar-refractivity contribution in [3.05, 3.63) is 59.7 Å². The van der Waals surface area contributed by atoms with Crippen molar-refractivity contribution in [2.75, 3.05) is 7.11 Å². The Morgan fingerprint density at radius 2 is 1.76 bits per heavy atom. The molecule has 2 rings (SSSR count). The van der Waals surface area contributed by atoms with E-state index in [0.717, 1.165) is 29.0 Å². The monoisotopic (exact) mass is 284 g/mol. The molecule has 2 aromatic rings. The van der Waals surface area contributed by atoms with Crippen molar-refractivity contribution in [2.45, 2.75) is 26.4 Å². The lowest BCUT2D eigenvalue weighted by molar-refractivity contribution is -0.116. The van der Waals surface area contributed by atoms with E-state index in [-0.39, 0.29) is 5.78 Å². The van der Waals surface area contributed by atoms with E-state index in [4.69, 9.17) is 9.47 Å². The Labute approximate surface area is 125 Å². The first-order valence-electron chi connectivity index (χ1n) is 7.01. The van der Waals surface area contributed by atoms with Gasteiger partial charge in [-0.05, 0) is 48.7 Å². The van der Waals surface area contributed by atoms with Crippen molar-refractivity contribution in [3.63, 3.8) is 0 Å². The van der Waals surface area contributed by atoms with Crippen LogP contribution in [0.2, 0.25) is 0 Å². The Balaban J connectivity index is 1.89. The topological polar surface area (TPSA) is 35.5 Å². The fourth-order valence-corrected chi connectivity index (χ4v) is 2.00. The van der Waals surface area contributed by atoms with Crippen LogP contribution in [0.5, 0.6) is 11.5 Å². The van der Waals surface area contributed by atoms with Gasteiger partial charge in [0.2, 0.25) is 0 Å². The number of carbonyl (C=O) groups is 1. The van der Waals surface area contributed by atoms with Crippen molar-refractivity contribution < 1.29 is 14.3 Å². The molecule has 0 amide bonds. The zero-order valence-corrected chi connectivity index (χ0v) is 12.5.